The summed E-state index contributed by atoms with van der Waals surface area (Å²) < 4.78 is 5.20. The zero-order valence-electron chi connectivity index (χ0n) is 14.7. The fourth-order valence-corrected chi connectivity index (χ4v) is 3.78. The number of halogens is 2. The molecule has 0 spiro atoms. The molecule has 1 amide bonds. The molecule has 1 fully saturated rings. The van der Waals surface area contributed by atoms with E-state index in [9.17, 15) is 4.79 Å². The Balaban J connectivity index is 1.63. The maximum atomic E-state index is 12.7. The van der Waals surface area contributed by atoms with Gasteiger partial charge in [-0.2, -0.15) is 0 Å². The number of carbonyl (C=O) groups is 1. The number of ether oxygens (including phenoxy) is 1. The number of anilines is 1. The van der Waals surface area contributed by atoms with Crippen LogP contribution in [0.2, 0.25) is 10.0 Å². The number of hydrogen-bond acceptors (Lipinski definition) is 3. The van der Waals surface area contributed by atoms with Crippen LogP contribution in [0.25, 0.3) is 0 Å². The minimum absolute atomic E-state index is 0.0354. The summed E-state index contributed by atoms with van der Waals surface area (Å²) in [5.41, 5.74) is 1.67. The van der Waals surface area contributed by atoms with Crippen LogP contribution < -0.4 is 10.1 Å². The average molecular weight is 393 g/mol. The quantitative estimate of drug-likeness (QED) is 0.790. The molecule has 6 heteroatoms. The van der Waals surface area contributed by atoms with Gasteiger partial charge in [-0.15, -0.1) is 0 Å². The molecule has 1 aliphatic heterocycles. The molecule has 1 N–H and O–H groups in total. The first kappa shape index (κ1) is 19.0. The minimum Gasteiger partial charge on any atom is -0.497 e. The molecule has 0 aromatic heterocycles. The van der Waals surface area contributed by atoms with E-state index >= 15 is 0 Å². The first-order chi connectivity index (χ1) is 12.6. The number of hydrogen-bond donors (Lipinski definition) is 1. The summed E-state index contributed by atoms with van der Waals surface area (Å²) in [5.74, 6) is 0.700. The Morgan fingerprint density at radius 2 is 1.96 bits per heavy atom. The Labute approximate surface area is 164 Å². The number of nitrogens with zero attached hydrogens (tertiary/aromatic N) is 1. The topological polar surface area (TPSA) is 41.6 Å². The molecule has 0 unspecified atom stereocenters. The van der Waals surface area contributed by atoms with Crippen molar-refractivity contribution in [3.8, 4) is 5.75 Å². The summed E-state index contributed by atoms with van der Waals surface area (Å²) in [5, 5.41) is 4.33. The highest BCUT2D eigenvalue weighted by atomic mass is 35.5. The van der Waals surface area contributed by atoms with Gasteiger partial charge in [0.15, 0.2) is 0 Å². The highest BCUT2D eigenvalue weighted by Gasteiger charge is 2.26. The van der Waals surface area contributed by atoms with E-state index in [-0.39, 0.29) is 11.8 Å². The molecule has 0 saturated carbocycles. The number of carbonyl (C=O) groups excluding carboxylic acids is 1. The normalized spacial score (nSPS) is 17.7. The summed E-state index contributed by atoms with van der Waals surface area (Å²) in [6.07, 6.45) is 1.85. The molecule has 0 radical (unpaired) electrons. The number of rotatable bonds is 5. The Kier molecular flexibility index (Phi) is 6.41. The summed E-state index contributed by atoms with van der Waals surface area (Å²) in [7, 11) is 1.61. The second-order valence-corrected chi connectivity index (χ2v) is 7.31. The zero-order valence-corrected chi connectivity index (χ0v) is 16.2. The molecule has 4 nitrogen and oxygen atoms in total. The molecule has 26 heavy (non-hydrogen) atoms. The van der Waals surface area contributed by atoms with Crippen molar-refractivity contribution in [1.82, 2.24) is 4.90 Å². The molecule has 1 heterocycles. The van der Waals surface area contributed by atoms with Crippen molar-refractivity contribution in [1.29, 1.82) is 0 Å². The maximum Gasteiger partial charge on any atom is 0.228 e. The summed E-state index contributed by atoms with van der Waals surface area (Å²) in [6, 6.07) is 12.9. The Hall–Kier alpha value is -1.75. The van der Waals surface area contributed by atoms with Crippen LogP contribution >= 0.6 is 23.2 Å². The lowest BCUT2D eigenvalue weighted by Crippen LogP contribution is -2.40. The zero-order chi connectivity index (χ0) is 18.5. The second kappa shape index (κ2) is 8.76. The van der Waals surface area contributed by atoms with E-state index in [4.69, 9.17) is 27.9 Å². The van der Waals surface area contributed by atoms with Gasteiger partial charge < -0.3 is 10.1 Å². The van der Waals surface area contributed by atoms with E-state index in [2.05, 4.69) is 10.2 Å². The average Bonchev–Trinajstić information content (AvgIpc) is 2.65. The van der Waals surface area contributed by atoms with Crippen molar-refractivity contribution in [2.75, 3.05) is 25.5 Å². The fourth-order valence-electron chi connectivity index (χ4n) is 3.27. The minimum atomic E-state index is -0.0591. The van der Waals surface area contributed by atoms with Crippen molar-refractivity contribution in [2.45, 2.75) is 19.4 Å². The van der Waals surface area contributed by atoms with E-state index < -0.39 is 0 Å². The van der Waals surface area contributed by atoms with Crippen molar-refractivity contribution in [2.24, 2.45) is 5.92 Å². The van der Waals surface area contributed by atoms with Crippen LogP contribution in [0.15, 0.2) is 42.5 Å². The van der Waals surface area contributed by atoms with E-state index in [0.29, 0.717) is 23.1 Å². The molecule has 2 aromatic rings. The Morgan fingerprint density at radius 3 is 2.69 bits per heavy atom. The predicted molar refractivity (Wildman–Crippen MR) is 106 cm³/mol. The van der Waals surface area contributed by atoms with E-state index in [1.54, 1.807) is 7.11 Å². The number of likely N-dealkylation sites (tertiary alicyclic amines) is 1. The standard InChI is InChI=1S/C20H22Cl2N2O2/c1-26-16-7-2-6-15(11-16)23-20(25)14-5-4-10-24(12-14)13-17-18(21)8-3-9-19(17)22/h2-3,6-9,11,14H,4-5,10,12-13H2,1H3,(H,23,25)/t14-/m1/s1. The van der Waals surface area contributed by atoms with Crippen LogP contribution in [0, 0.1) is 5.92 Å². The van der Waals surface area contributed by atoms with Crippen LogP contribution in [-0.4, -0.2) is 31.0 Å². The molecule has 1 aliphatic rings. The molecule has 3 rings (SSSR count). The van der Waals surface area contributed by atoms with Crippen LogP contribution in [0.1, 0.15) is 18.4 Å². The van der Waals surface area contributed by atoms with Gasteiger partial charge in [0.1, 0.15) is 5.75 Å². The lowest BCUT2D eigenvalue weighted by molar-refractivity contribution is -0.121. The number of nitrogens with one attached hydrogen (secondary N) is 1. The highest BCUT2D eigenvalue weighted by Crippen LogP contribution is 2.28. The number of amides is 1. The Morgan fingerprint density at radius 1 is 1.23 bits per heavy atom. The van der Waals surface area contributed by atoms with Crippen molar-refractivity contribution < 1.29 is 9.53 Å². The van der Waals surface area contributed by atoms with Crippen molar-refractivity contribution >= 4 is 34.8 Å². The molecule has 2 aromatic carbocycles. The predicted octanol–water partition coefficient (Wildman–Crippen LogP) is 4.85. The van der Waals surface area contributed by atoms with Gasteiger partial charge in [0.2, 0.25) is 5.91 Å². The highest BCUT2D eigenvalue weighted by molar-refractivity contribution is 6.35. The van der Waals surface area contributed by atoms with Gasteiger partial charge in [0.25, 0.3) is 0 Å². The van der Waals surface area contributed by atoms with Gasteiger partial charge in [-0.1, -0.05) is 35.3 Å². The molecule has 1 atom stereocenters. The van der Waals surface area contributed by atoms with Gasteiger partial charge in [-0.05, 0) is 43.7 Å². The monoisotopic (exact) mass is 392 g/mol. The van der Waals surface area contributed by atoms with Gasteiger partial charge in [-0.3, -0.25) is 9.69 Å². The van der Waals surface area contributed by atoms with Crippen LogP contribution in [-0.2, 0) is 11.3 Å². The van der Waals surface area contributed by atoms with E-state index in [1.165, 1.54) is 0 Å². The van der Waals surface area contributed by atoms with Crippen LogP contribution in [0.5, 0.6) is 5.75 Å². The molecule has 138 valence electrons. The number of benzene rings is 2. The first-order valence-corrected chi connectivity index (χ1v) is 9.42. The van der Waals surface area contributed by atoms with Crippen LogP contribution in [0.3, 0.4) is 0 Å². The smallest absolute Gasteiger partial charge is 0.228 e. The van der Waals surface area contributed by atoms with E-state index in [0.717, 1.165) is 36.4 Å². The third kappa shape index (κ3) is 4.70. The molecule has 1 saturated heterocycles. The maximum absolute atomic E-state index is 12.7. The largest absolute Gasteiger partial charge is 0.497 e. The van der Waals surface area contributed by atoms with Crippen molar-refractivity contribution in [3.63, 3.8) is 0 Å². The van der Waals surface area contributed by atoms with Gasteiger partial charge in [0.05, 0.1) is 13.0 Å². The summed E-state index contributed by atoms with van der Waals surface area (Å²) >= 11 is 12.6. The third-order valence-corrected chi connectivity index (χ3v) is 5.37. The SMILES string of the molecule is COc1cccc(NC(=O)[C@@H]2CCCN(Cc3c(Cl)cccc3Cl)C2)c1. The summed E-state index contributed by atoms with van der Waals surface area (Å²) in [4.78, 5) is 14.9. The number of methoxy groups -OCH3 is 1. The van der Waals surface area contributed by atoms with Gasteiger partial charge >= 0.3 is 0 Å². The lowest BCUT2D eigenvalue weighted by atomic mass is 9.96. The Bertz CT molecular complexity index is 762. The first-order valence-electron chi connectivity index (χ1n) is 8.67. The molecule has 0 aliphatic carbocycles. The summed E-state index contributed by atoms with van der Waals surface area (Å²) in [6.45, 7) is 2.28. The molecular formula is C20H22Cl2N2O2. The number of piperidine rings is 1. The molecular weight excluding hydrogens is 371 g/mol. The van der Waals surface area contributed by atoms with Crippen molar-refractivity contribution in [3.05, 3.63) is 58.1 Å². The van der Waals surface area contributed by atoms with E-state index in [1.807, 2.05) is 42.5 Å². The lowest BCUT2D eigenvalue weighted by Gasteiger charge is -2.32. The van der Waals surface area contributed by atoms with Gasteiger partial charge in [0, 0.05) is 40.5 Å². The fraction of sp³-hybridized carbons (Fsp3) is 0.350. The third-order valence-electron chi connectivity index (χ3n) is 4.66. The van der Waals surface area contributed by atoms with Gasteiger partial charge in [-0.25, -0.2) is 0 Å². The van der Waals surface area contributed by atoms with Crippen LogP contribution in [0.4, 0.5) is 5.69 Å². The molecule has 0 bridgehead atoms. The second-order valence-electron chi connectivity index (χ2n) is 6.50.